The van der Waals surface area contributed by atoms with Crippen LogP contribution >= 0.6 is 0 Å². The van der Waals surface area contributed by atoms with Gasteiger partial charge in [-0.15, -0.1) is 0 Å². The molecule has 0 aromatic carbocycles. The molecule has 0 N–H and O–H groups in total. The summed E-state index contributed by atoms with van der Waals surface area (Å²) in [6.45, 7) is 14.4. The van der Waals surface area contributed by atoms with Crippen LogP contribution in [0, 0.1) is 0 Å². The zero-order valence-corrected chi connectivity index (χ0v) is 9.44. The second kappa shape index (κ2) is 5.58. The monoisotopic (exact) mass is 176 g/mol. The molecule has 0 unspecified atom stereocenters. The predicted octanol–water partition coefficient (Wildman–Crippen LogP) is 4.42. The van der Waals surface area contributed by atoms with Crippen LogP contribution in [0.2, 0.25) is 0 Å². The molecule has 0 aliphatic carbocycles. The molecule has 0 amide bonds. The molecule has 13 heavy (non-hydrogen) atoms. The maximum Gasteiger partial charge on any atom is -0.0300 e. The minimum Gasteiger partial charge on any atom is -0.0915 e. The molecule has 0 nitrogen and oxygen atoms in total. The lowest BCUT2D eigenvalue weighted by molar-refractivity contribution is 1.33. The fourth-order valence-corrected chi connectivity index (χ4v) is 0.861. The first-order valence-corrected chi connectivity index (χ1v) is 4.59. The Labute approximate surface area is 82.4 Å². The van der Waals surface area contributed by atoms with Crippen molar-refractivity contribution in [2.24, 2.45) is 0 Å². The Morgan fingerprint density at radius 1 is 0.846 bits per heavy atom. The van der Waals surface area contributed by atoms with E-state index in [1.54, 1.807) is 0 Å². The fourth-order valence-electron chi connectivity index (χ4n) is 0.861. The van der Waals surface area contributed by atoms with E-state index in [2.05, 4.69) is 59.4 Å². The van der Waals surface area contributed by atoms with Crippen LogP contribution in [0.5, 0.6) is 0 Å². The van der Waals surface area contributed by atoms with E-state index in [1.807, 2.05) is 0 Å². The normalized spacial score (nSPS) is 10.7. The summed E-state index contributed by atoms with van der Waals surface area (Å²) in [5.74, 6) is 0. The predicted molar refractivity (Wildman–Crippen MR) is 61.8 cm³/mol. The lowest BCUT2D eigenvalue weighted by Gasteiger charge is -1.99. The molecule has 0 spiro atoms. The van der Waals surface area contributed by atoms with E-state index in [1.165, 1.54) is 16.7 Å². The smallest absolute Gasteiger partial charge is 0.0300 e. The van der Waals surface area contributed by atoms with E-state index in [-0.39, 0.29) is 0 Å². The summed E-state index contributed by atoms with van der Waals surface area (Å²) < 4.78 is 0. The zero-order chi connectivity index (χ0) is 10.4. The Kier molecular flexibility index (Phi) is 5.13. The van der Waals surface area contributed by atoms with Gasteiger partial charge in [0.15, 0.2) is 0 Å². The van der Waals surface area contributed by atoms with Gasteiger partial charge in [-0.2, -0.15) is 0 Å². The lowest BCUT2D eigenvalue weighted by atomic mass is 10.1. The third-order valence-corrected chi connectivity index (χ3v) is 1.64. The van der Waals surface area contributed by atoms with E-state index in [0.717, 1.165) is 5.57 Å². The molecular formula is C13H20. The van der Waals surface area contributed by atoms with E-state index in [0.29, 0.717) is 0 Å². The van der Waals surface area contributed by atoms with Crippen molar-refractivity contribution in [2.45, 2.75) is 34.6 Å². The van der Waals surface area contributed by atoms with E-state index in [9.17, 15) is 0 Å². The summed E-state index contributed by atoms with van der Waals surface area (Å²) in [5, 5.41) is 0. The molecule has 0 aromatic heterocycles. The molecule has 0 heteroatoms. The Morgan fingerprint density at radius 3 is 1.77 bits per heavy atom. The van der Waals surface area contributed by atoms with Crippen molar-refractivity contribution in [3.63, 3.8) is 0 Å². The number of allylic oxidation sites excluding steroid dienone is 7. The third kappa shape index (κ3) is 6.15. The van der Waals surface area contributed by atoms with Crippen LogP contribution in [0.25, 0.3) is 0 Å². The van der Waals surface area contributed by atoms with Crippen LogP contribution in [0.15, 0.2) is 47.1 Å². The number of hydrogen-bond acceptors (Lipinski definition) is 0. The molecular weight excluding hydrogens is 156 g/mol. The summed E-state index contributed by atoms with van der Waals surface area (Å²) in [6, 6.07) is 0. The van der Waals surface area contributed by atoms with E-state index < -0.39 is 0 Å². The minimum absolute atomic E-state index is 1.09. The van der Waals surface area contributed by atoms with E-state index in [4.69, 9.17) is 0 Å². The Bertz CT molecular complexity index is 264. The van der Waals surface area contributed by atoms with Crippen LogP contribution in [-0.4, -0.2) is 0 Å². The molecule has 0 atom stereocenters. The summed E-state index contributed by atoms with van der Waals surface area (Å²) >= 11 is 0. The summed E-state index contributed by atoms with van der Waals surface area (Å²) in [5.41, 5.74) is 4.92. The third-order valence-electron chi connectivity index (χ3n) is 1.64. The molecule has 0 fully saturated rings. The first kappa shape index (κ1) is 12.0. The molecule has 0 radical (unpaired) electrons. The van der Waals surface area contributed by atoms with Crippen LogP contribution < -0.4 is 0 Å². The van der Waals surface area contributed by atoms with Crippen molar-refractivity contribution < 1.29 is 0 Å². The minimum atomic E-state index is 1.09. The van der Waals surface area contributed by atoms with Gasteiger partial charge in [-0.1, -0.05) is 36.0 Å². The van der Waals surface area contributed by atoms with Crippen molar-refractivity contribution in [1.82, 2.24) is 0 Å². The highest BCUT2D eigenvalue weighted by atomic mass is 14.0. The molecule has 0 aromatic rings. The maximum atomic E-state index is 4.00. The van der Waals surface area contributed by atoms with Crippen LogP contribution in [0.1, 0.15) is 34.6 Å². The van der Waals surface area contributed by atoms with Crippen molar-refractivity contribution in [3.05, 3.63) is 47.1 Å². The van der Waals surface area contributed by atoms with Crippen LogP contribution in [0.3, 0.4) is 0 Å². The van der Waals surface area contributed by atoms with Gasteiger partial charge >= 0.3 is 0 Å². The van der Waals surface area contributed by atoms with Gasteiger partial charge in [0.1, 0.15) is 0 Å². The van der Waals surface area contributed by atoms with Crippen molar-refractivity contribution in [2.75, 3.05) is 0 Å². The van der Waals surface area contributed by atoms with Gasteiger partial charge in [0, 0.05) is 0 Å². The zero-order valence-electron chi connectivity index (χ0n) is 9.44. The standard InChI is InChI=1S/C13H20/c1-10(2)7-8-12(5)13(6)9-11(3)4/h7-9H,6H2,1-5H3/b12-8+. The maximum absolute atomic E-state index is 4.00. The van der Waals surface area contributed by atoms with Gasteiger partial charge in [0.25, 0.3) is 0 Å². The highest BCUT2D eigenvalue weighted by Gasteiger charge is 1.90. The van der Waals surface area contributed by atoms with E-state index >= 15 is 0 Å². The van der Waals surface area contributed by atoms with Gasteiger partial charge in [0.2, 0.25) is 0 Å². The molecule has 0 bridgehead atoms. The summed E-state index contributed by atoms with van der Waals surface area (Å²) in [4.78, 5) is 0. The highest BCUT2D eigenvalue weighted by molar-refractivity contribution is 5.39. The van der Waals surface area contributed by atoms with Gasteiger partial charge in [-0.25, -0.2) is 0 Å². The average Bonchev–Trinajstić information content (AvgIpc) is 1.98. The summed E-state index contributed by atoms with van der Waals surface area (Å²) in [6.07, 6.45) is 6.32. The van der Waals surface area contributed by atoms with Gasteiger partial charge in [0.05, 0.1) is 0 Å². The first-order chi connectivity index (χ1) is 5.93. The largest absolute Gasteiger partial charge is 0.0915 e. The Balaban J connectivity index is 4.53. The Morgan fingerprint density at radius 2 is 1.38 bits per heavy atom. The van der Waals surface area contributed by atoms with Gasteiger partial charge in [-0.05, 0) is 45.8 Å². The molecule has 72 valence electrons. The van der Waals surface area contributed by atoms with Crippen molar-refractivity contribution in [1.29, 1.82) is 0 Å². The Hall–Kier alpha value is -1.04. The van der Waals surface area contributed by atoms with Gasteiger partial charge in [-0.3, -0.25) is 0 Å². The van der Waals surface area contributed by atoms with Crippen molar-refractivity contribution in [3.8, 4) is 0 Å². The first-order valence-electron chi connectivity index (χ1n) is 4.59. The molecule has 0 rings (SSSR count). The molecule has 0 saturated heterocycles. The average molecular weight is 176 g/mol. The summed E-state index contributed by atoms with van der Waals surface area (Å²) in [7, 11) is 0. The quantitative estimate of drug-likeness (QED) is 0.558. The molecule has 0 aliphatic heterocycles. The van der Waals surface area contributed by atoms with Crippen LogP contribution in [0.4, 0.5) is 0 Å². The SMILES string of the molecule is C=C(C=C(C)C)/C(C)=C/C=C(C)C. The highest BCUT2D eigenvalue weighted by Crippen LogP contribution is 2.11. The van der Waals surface area contributed by atoms with Crippen LogP contribution in [-0.2, 0) is 0 Å². The fraction of sp³-hybridized carbons (Fsp3) is 0.385. The number of hydrogen-bond donors (Lipinski definition) is 0. The molecule has 0 saturated carbocycles. The lowest BCUT2D eigenvalue weighted by Crippen LogP contribution is -1.79. The van der Waals surface area contributed by atoms with Crippen molar-refractivity contribution >= 4 is 0 Å². The molecule has 0 aliphatic rings. The topological polar surface area (TPSA) is 0 Å². The second-order valence-electron chi connectivity index (χ2n) is 3.84. The number of rotatable bonds is 3. The van der Waals surface area contributed by atoms with Gasteiger partial charge < -0.3 is 0 Å². The second-order valence-corrected chi connectivity index (χ2v) is 3.84. The molecule has 0 heterocycles.